The lowest BCUT2D eigenvalue weighted by Gasteiger charge is -2.12. The zero-order valence-electron chi connectivity index (χ0n) is 15.4. The number of thiazole rings is 1. The van der Waals surface area contributed by atoms with Crippen LogP contribution in [0.1, 0.15) is 24.8 Å². The molecule has 1 amide bonds. The smallest absolute Gasteiger partial charge is 0.238 e. The molecule has 3 rings (SSSR count). The molecular formula is C19H21N3O3S2. The van der Waals surface area contributed by atoms with Crippen LogP contribution in [-0.2, 0) is 10.5 Å². The van der Waals surface area contributed by atoms with E-state index >= 15 is 0 Å². The van der Waals surface area contributed by atoms with Gasteiger partial charge in [-0.25, -0.2) is 4.98 Å². The molecule has 0 bridgehead atoms. The Morgan fingerprint density at radius 2 is 2.15 bits per heavy atom. The third kappa shape index (κ3) is 5.11. The van der Waals surface area contributed by atoms with E-state index in [1.165, 1.54) is 0 Å². The van der Waals surface area contributed by atoms with Crippen LogP contribution >= 0.6 is 23.1 Å². The standard InChI is InChI=1S/C19H21N3O3S2/c1-4-16(18(23)21-17-9-12(2)25-22-17)26-10-14-11-27-19(20-14)13-5-7-15(24-3)8-6-13/h5-9,11,16H,4,10H2,1-3H3,(H,21,22,23)/t16-/m0/s1. The first-order valence-electron chi connectivity index (χ1n) is 8.53. The van der Waals surface area contributed by atoms with Gasteiger partial charge in [-0.05, 0) is 37.6 Å². The average Bonchev–Trinajstić information content (AvgIpc) is 3.31. The SMILES string of the molecule is CC[C@H](SCc1csc(-c2ccc(OC)cc2)n1)C(=O)Nc1cc(C)on1. The zero-order chi connectivity index (χ0) is 19.2. The molecule has 0 radical (unpaired) electrons. The quantitative estimate of drug-likeness (QED) is 0.584. The number of rotatable bonds is 8. The van der Waals surface area contributed by atoms with Crippen LogP contribution in [0.4, 0.5) is 5.82 Å². The molecule has 0 saturated heterocycles. The summed E-state index contributed by atoms with van der Waals surface area (Å²) in [4.78, 5) is 17.1. The van der Waals surface area contributed by atoms with Crippen LogP contribution < -0.4 is 10.1 Å². The highest BCUT2D eigenvalue weighted by Crippen LogP contribution is 2.28. The van der Waals surface area contributed by atoms with Crippen molar-refractivity contribution in [2.45, 2.75) is 31.3 Å². The van der Waals surface area contributed by atoms with Crippen LogP contribution in [0.25, 0.3) is 10.6 Å². The average molecular weight is 404 g/mol. The van der Waals surface area contributed by atoms with E-state index in [2.05, 4.69) is 15.5 Å². The van der Waals surface area contributed by atoms with Gasteiger partial charge < -0.3 is 14.6 Å². The fourth-order valence-corrected chi connectivity index (χ4v) is 4.33. The van der Waals surface area contributed by atoms with Crippen molar-refractivity contribution in [2.75, 3.05) is 12.4 Å². The van der Waals surface area contributed by atoms with E-state index in [4.69, 9.17) is 9.26 Å². The molecule has 8 heteroatoms. The van der Waals surface area contributed by atoms with E-state index in [1.54, 1.807) is 43.2 Å². The number of aromatic nitrogens is 2. The van der Waals surface area contributed by atoms with E-state index in [9.17, 15) is 4.79 Å². The Hall–Kier alpha value is -2.32. The van der Waals surface area contributed by atoms with Gasteiger partial charge in [0.2, 0.25) is 5.91 Å². The summed E-state index contributed by atoms with van der Waals surface area (Å²) < 4.78 is 10.2. The Morgan fingerprint density at radius 1 is 1.37 bits per heavy atom. The molecule has 0 spiro atoms. The minimum Gasteiger partial charge on any atom is -0.497 e. The third-order valence-electron chi connectivity index (χ3n) is 3.86. The van der Waals surface area contributed by atoms with Crippen molar-refractivity contribution >= 4 is 34.8 Å². The molecule has 0 aliphatic carbocycles. The Bertz CT molecular complexity index is 890. The summed E-state index contributed by atoms with van der Waals surface area (Å²) >= 11 is 3.18. The summed E-state index contributed by atoms with van der Waals surface area (Å²) in [5, 5.41) is 9.43. The predicted molar refractivity (Wildman–Crippen MR) is 109 cm³/mol. The van der Waals surface area contributed by atoms with Crippen molar-refractivity contribution in [3.05, 3.63) is 47.2 Å². The molecular weight excluding hydrogens is 382 g/mol. The van der Waals surface area contributed by atoms with E-state index in [1.807, 2.05) is 36.6 Å². The highest BCUT2D eigenvalue weighted by Gasteiger charge is 2.19. The number of nitrogens with zero attached hydrogens (tertiary/aromatic N) is 2. The molecule has 0 unspecified atom stereocenters. The number of carbonyl (C=O) groups excluding carboxylic acids is 1. The monoisotopic (exact) mass is 403 g/mol. The number of thioether (sulfide) groups is 1. The molecule has 1 aromatic carbocycles. The molecule has 0 fully saturated rings. The molecule has 1 N–H and O–H groups in total. The second-order valence-corrected chi connectivity index (χ2v) is 7.94. The van der Waals surface area contributed by atoms with E-state index in [0.717, 1.165) is 28.4 Å². The lowest BCUT2D eigenvalue weighted by molar-refractivity contribution is -0.115. The summed E-state index contributed by atoms with van der Waals surface area (Å²) in [5.41, 5.74) is 2.03. The Balaban J connectivity index is 1.58. The van der Waals surface area contributed by atoms with Crippen LogP contribution in [0.5, 0.6) is 5.75 Å². The maximum absolute atomic E-state index is 12.4. The van der Waals surface area contributed by atoms with Crippen LogP contribution in [0.15, 0.2) is 40.2 Å². The summed E-state index contributed by atoms with van der Waals surface area (Å²) in [5.74, 6) is 2.55. The van der Waals surface area contributed by atoms with Gasteiger partial charge in [0.05, 0.1) is 18.1 Å². The minimum atomic E-state index is -0.173. The minimum absolute atomic E-state index is 0.0681. The normalized spacial score (nSPS) is 12.0. The largest absolute Gasteiger partial charge is 0.497 e. The molecule has 0 saturated carbocycles. The number of nitrogens with one attached hydrogen (secondary N) is 1. The van der Waals surface area contributed by atoms with Crippen molar-refractivity contribution < 1.29 is 14.1 Å². The molecule has 27 heavy (non-hydrogen) atoms. The van der Waals surface area contributed by atoms with Crippen molar-refractivity contribution in [2.24, 2.45) is 0 Å². The molecule has 2 heterocycles. The van der Waals surface area contributed by atoms with Crippen LogP contribution in [0.2, 0.25) is 0 Å². The second-order valence-electron chi connectivity index (χ2n) is 5.89. The van der Waals surface area contributed by atoms with Crippen LogP contribution in [0.3, 0.4) is 0 Å². The number of amides is 1. The molecule has 2 aromatic heterocycles. The first kappa shape index (κ1) is 19.4. The first-order valence-corrected chi connectivity index (χ1v) is 10.5. The first-order chi connectivity index (χ1) is 13.1. The highest BCUT2D eigenvalue weighted by atomic mass is 32.2. The van der Waals surface area contributed by atoms with Gasteiger partial charge in [0.15, 0.2) is 5.82 Å². The third-order valence-corrected chi connectivity index (χ3v) is 6.22. The molecule has 0 aliphatic rings. The van der Waals surface area contributed by atoms with E-state index in [-0.39, 0.29) is 11.2 Å². The predicted octanol–water partition coefficient (Wildman–Crippen LogP) is 4.77. The zero-order valence-corrected chi connectivity index (χ0v) is 17.0. The molecule has 142 valence electrons. The van der Waals surface area contributed by atoms with Gasteiger partial charge in [-0.3, -0.25) is 4.79 Å². The lowest BCUT2D eigenvalue weighted by atomic mass is 10.2. The van der Waals surface area contributed by atoms with Gasteiger partial charge in [-0.15, -0.1) is 23.1 Å². The molecule has 0 aliphatic heterocycles. The topological polar surface area (TPSA) is 77.2 Å². The Morgan fingerprint density at radius 3 is 2.78 bits per heavy atom. The van der Waals surface area contributed by atoms with Crippen molar-refractivity contribution in [3.8, 4) is 16.3 Å². The van der Waals surface area contributed by atoms with E-state index in [0.29, 0.717) is 17.3 Å². The summed E-state index contributed by atoms with van der Waals surface area (Å²) in [6, 6.07) is 9.55. The lowest BCUT2D eigenvalue weighted by Crippen LogP contribution is -2.24. The van der Waals surface area contributed by atoms with Gasteiger partial charge in [-0.2, -0.15) is 0 Å². The van der Waals surface area contributed by atoms with Gasteiger partial charge in [0.1, 0.15) is 16.5 Å². The van der Waals surface area contributed by atoms with Crippen LogP contribution in [-0.4, -0.2) is 28.4 Å². The second kappa shape index (κ2) is 9.05. The number of ether oxygens (including phenoxy) is 1. The fraction of sp³-hybridized carbons (Fsp3) is 0.316. The van der Waals surface area contributed by atoms with Gasteiger partial charge in [0.25, 0.3) is 0 Å². The Kier molecular flexibility index (Phi) is 6.52. The van der Waals surface area contributed by atoms with Gasteiger partial charge in [0, 0.05) is 22.8 Å². The maximum atomic E-state index is 12.4. The van der Waals surface area contributed by atoms with Crippen molar-refractivity contribution in [1.82, 2.24) is 10.1 Å². The maximum Gasteiger partial charge on any atom is 0.238 e. The number of anilines is 1. The van der Waals surface area contributed by atoms with Gasteiger partial charge in [-0.1, -0.05) is 12.1 Å². The summed E-state index contributed by atoms with van der Waals surface area (Å²) in [6.45, 7) is 3.78. The number of benzene rings is 1. The molecule has 1 atom stereocenters. The van der Waals surface area contributed by atoms with Crippen molar-refractivity contribution in [3.63, 3.8) is 0 Å². The number of hydrogen-bond donors (Lipinski definition) is 1. The van der Waals surface area contributed by atoms with Crippen LogP contribution in [0, 0.1) is 6.92 Å². The highest BCUT2D eigenvalue weighted by molar-refractivity contribution is 7.99. The Labute approximate surface area is 166 Å². The molecule has 3 aromatic rings. The summed E-state index contributed by atoms with van der Waals surface area (Å²) in [6.07, 6.45) is 0.725. The number of carbonyl (C=O) groups is 1. The van der Waals surface area contributed by atoms with E-state index < -0.39 is 0 Å². The number of aryl methyl sites for hydroxylation is 1. The van der Waals surface area contributed by atoms with Gasteiger partial charge >= 0.3 is 0 Å². The molecule has 6 nitrogen and oxygen atoms in total. The van der Waals surface area contributed by atoms with Crippen molar-refractivity contribution in [1.29, 1.82) is 0 Å². The number of methoxy groups -OCH3 is 1. The summed E-state index contributed by atoms with van der Waals surface area (Å²) in [7, 11) is 1.65. The number of hydrogen-bond acceptors (Lipinski definition) is 7. The fourth-order valence-electron chi connectivity index (χ4n) is 2.44.